The Morgan fingerprint density at radius 3 is 2.46 bits per heavy atom. The Kier molecular flexibility index (Phi) is 10.9. The van der Waals surface area contributed by atoms with E-state index in [1.54, 1.807) is 12.4 Å². The molecular formula is C18H22Cl4N6. The third-order valence-electron chi connectivity index (χ3n) is 3.85. The summed E-state index contributed by atoms with van der Waals surface area (Å²) in [5, 5.41) is 3.47. The zero-order chi connectivity index (χ0) is 17.8. The van der Waals surface area contributed by atoms with E-state index in [0.717, 1.165) is 40.9 Å². The summed E-state index contributed by atoms with van der Waals surface area (Å²) in [6.45, 7) is 1.92. The van der Waals surface area contributed by atoms with Crippen LogP contribution in [0.4, 0.5) is 22.9 Å². The molecule has 0 unspecified atom stereocenters. The number of nitrogens with one attached hydrogen (secondary N) is 1. The number of nitrogens with zero attached hydrogens (tertiary/aromatic N) is 3. The van der Waals surface area contributed by atoms with Gasteiger partial charge in [0.2, 0.25) is 5.28 Å². The molecule has 6 nitrogen and oxygen atoms in total. The third kappa shape index (κ3) is 6.87. The van der Waals surface area contributed by atoms with Crippen LogP contribution in [0.1, 0.15) is 16.7 Å². The second-order valence-electron chi connectivity index (χ2n) is 5.84. The van der Waals surface area contributed by atoms with E-state index >= 15 is 0 Å². The summed E-state index contributed by atoms with van der Waals surface area (Å²) in [5.41, 5.74) is 17.2. The molecule has 0 aliphatic carbocycles. The van der Waals surface area contributed by atoms with E-state index in [2.05, 4.69) is 20.3 Å². The van der Waals surface area contributed by atoms with Gasteiger partial charge >= 0.3 is 0 Å². The van der Waals surface area contributed by atoms with Crippen molar-refractivity contribution < 1.29 is 0 Å². The molecular weight excluding hydrogens is 442 g/mol. The molecule has 0 saturated carbocycles. The quantitative estimate of drug-likeness (QED) is 0.371. The molecule has 2 aromatic heterocycles. The summed E-state index contributed by atoms with van der Waals surface area (Å²) < 4.78 is 0. The van der Waals surface area contributed by atoms with Gasteiger partial charge in [0.25, 0.3) is 0 Å². The Morgan fingerprint density at radius 2 is 1.75 bits per heavy atom. The second-order valence-corrected chi connectivity index (χ2v) is 6.17. The number of hydrogen-bond donors (Lipinski definition) is 3. The Bertz CT molecular complexity index is 907. The van der Waals surface area contributed by atoms with Crippen LogP contribution in [-0.4, -0.2) is 15.0 Å². The van der Waals surface area contributed by atoms with Crippen molar-refractivity contribution in [3.05, 3.63) is 64.8 Å². The summed E-state index contributed by atoms with van der Waals surface area (Å²) >= 11 is 5.87. The van der Waals surface area contributed by atoms with Crippen LogP contribution < -0.4 is 16.8 Å². The van der Waals surface area contributed by atoms with Crippen LogP contribution in [0, 0.1) is 6.92 Å². The van der Waals surface area contributed by atoms with E-state index < -0.39 is 0 Å². The van der Waals surface area contributed by atoms with Crippen molar-refractivity contribution in [3.8, 4) is 0 Å². The summed E-state index contributed by atoms with van der Waals surface area (Å²) in [6, 6.07) is 7.74. The van der Waals surface area contributed by atoms with Crippen molar-refractivity contribution in [2.24, 2.45) is 0 Å². The van der Waals surface area contributed by atoms with Crippen molar-refractivity contribution in [2.75, 3.05) is 16.8 Å². The first-order valence-electron chi connectivity index (χ1n) is 7.85. The van der Waals surface area contributed by atoms with E-state index in [-0.39, 0.29) is 42.5 Å². The highest BCUT2D eigenvalue weighted by molar-refractivity contribution is 6.28. The molecule has 152 valence electrons. The lowest BCUT2D eigenvalue weighted by Crippen LogP contribution is -2.02. The monoisotopic (exact) mass is 462 g/mol. The molecule has 10 heteroatoms. The molecule has 0 fully saturated rings. The number of pyridine rings is 1. The Hall–Kier alpha value is -1.99. The maximum absolute atomic E-state index is 6.12. The lowest BCUT2D eigenvalue weighted by atomic mass is 10.0. The van der Waals surface area contributed by atoms with Gasteiger partial charge in [-0.3, -0.25) is 4.98 Å². The van der Waals surface area contributed by atoms with Gasteiger partial charge in [0.15, 0.2) is 0 Å². The largest absolute Gasteiger partial charge is 0.399 e. The number of rotatable bonds is 5. The predicted molar refractivity (Wildman–Crippen MR) is 124 cm³/mol. The Balaban J connectivity index is 0.00000243. The SMILES string of the molecule is Cc1cnc(Cl)nc1Nc1ccc(N)c(CCc2cncc(N)c2)c1.Cl.Cl.Cl. The number of nitrogen functional groups attached to an aromatic ring is 2. The number of nitrogens with two attached hydrogens (primary N) is 2. The van der Waals surface area contributed by atoms with E-state index in [9.17, 15) is 0 Å². The van der Waals surface area contributed by atoms with Crippen molar-refractivity contribution in [3.63, 3.8) is 0 Å². The highest BCUT2D eigenvalue weighted by atomic mass is 35.5. The van der Waals surface area contributed by atoms with Gasteiger partial charge in [-0.1, -0.05) is 0 Å². The predicted octanol–water partition coefficient (Wildman–Crippen LogP) is 4.79. The van der Waals surface area contributed by atoms with Crippen molar-refractivity contribution in [1.29, 1.82) is 0 Å². The molecule has 3 rings (SSSR count). The van der Waals surface area contributed by atoms with Crippen molar-refractivity contribution in [2.45, 2.75) is 19.8 Å². The molecule has 1 aromatic carbocycles. The minimum atomic E-state index is 0. The van der Waals surface area contributed by atoms with Crippen molar-refractivity contribution in [1.82, 2.24) is 15.0 Å². The summed E-state index contributed by atoms with van der Waals surface area (Å²) in [5.74, 6) is 0.677. The summed E-state index contributed by atoms with van der Waals surface area (Å²) in [6.07, 6.45) is 6.74. The molecule has 0 aliphatic heterocycles. The van der Waals surface area contributed by atoms with Crippen LogP contribution in [0.15, 0.2) is 42.9 Å². The molecule has 0 aliphatic rings. The van der Waals surface area contributed by atoms with Gasteiger partial charge in [0.05, 0.1) is 5.69 Å². The fourth-order valence-corrected chi connectivity index (χ4v) is 2.64. The summed E-state index contributed by atoms with van der Waals surface area (Å²) in [7, 11) is 0. The fourth-order valence-electron chi connectivity index (χ4n) is 2.51. The smallest absolute Gasteiger partial charge is 0.224 e. The lowest BCUT2D eigenvalue weighted by molar-refractivity contribution is 0.953. The lowest BCUT2D eigenvalue weighted by Gasteiger charge is -2.12. The van der Waals surface area contributed by atoms with E-state index in [0.29, 0.717) is 11.5 Å². The van der Waals surface area contributed by atoms with E-state index in [1.165, 1.54) is 0 Å². The van der Waals surface area contributed by atoms with Crippen molar-refractivity contribution >= 4 is 71.7 Å². The number of anilines is 4. The molecule has 2 heterocycles. The fraction of sp³-hybridized carbons (Fsp3) is 0.167. The van der Waals surface area contributed by atoms with Gasteiger partial charge in [-0.15, -0.1) is 37.2 Å². The second kappa shape index (κ2) is 11.8. The zero-order valence-corrected chi connectivity index (χ0v) is 18.3. The molecule has 28 heavy (non-hydrogen) atoms. The molecule has 3 aromatic rings. The van der Waals surface area contributed by atoms with Crippen LogP contribution in [0.25, 0.3) is 0 Å². The third-order valence-corrected chi connectivity index (χ3v) is 4.03. The van der Waals surface area contributed by atoms with Crippen LogP contribution in [0.3, 0.4) is 0 Å². The first kappa shape index (κ1) is 26.0. The normalized spacial score (nSPS) is 9.50. The highest BCUT2D eigenvalue weighted by Gasteiger charge is 2.06. The van der Waals surface area contributed by atoms with Crippen LogP contribution in [-0.2, 0) is 12.8 Å². The minimum Gasteiger partial charge on any atom is -0.399 e. The van der Waals surface area contributed by atoms with Gasteiger partial charge in [-0.2, -0.15) is 0 Å². The number of benzene rings is 1. The molecule has 0 saturated heterocycles. The maximum Gasteiger partial charge on any atom is 0.224 e. The minimum absolute atomic E-state index is 0. The Morgan fingerprint density at radius 1 is 1.00 bits per heavy atom. The molecule has 0 bridgehead atoms. The average molecular weight is 464 g/mol. The van der Waals surface area contributed by atoms with Gasteiger partial charge in [-0.05, 0) is 66.8 Å². The zero-order valence-electron chi connectivity index (χ0n) is 15.1. The molecule has 0 spiro atoms. The molecule has 0 amide bonds. The first-order chi connectivity index (χ1) is 12.0. The van der Waals surface area contributed by atoms with E-state index in [1.807, 2.05) is 37.4 Å². The maximum atomic E-state index is 6.12. The summed E-state index contributed by atoms with van der Waals surface area (Å²) in [4.78, 5) is 12.3. The number of aryl methyl sites for hydroxylation is 3. The molecule has 0 atom stereocenters. The van der Waals surface area contributed by atoms with E-state index in [4.69, 9.17) is 23.1 Å². The molecule has 5 N–H and O–H groups in total. The standard InChI is InChI=1S/C18H19ClN6.3ClH/c1-11-8-23-18(19)25-17(11)24-15-4-5-16(21)13(7-15)3-2-12-6-14(20)10-22-9-12;;;/h4-10H,2-3,20-21H2,1H3,(H,23,24,25);3*1H. The van der Waals surface area contributed by atoms with Crippen LogP contribution in [0.2, 0.25) is 5.28 Å². The van der Waals surface area contributed by atoms with Crippen LogP contribution >= 0.6 is 48.8 Å². The first-order valence-corrected chi connectivity index (χ1v) is 8.23. The average Bonchev–Trinajstić information content (AvgIpc) is 2.58. The van der Waals surface area contributed by atoms with Crippen LogP contribution in [0.5, 0.6) is 0 Å². The Labute approximate surface area is 187 Å². The van der Waals surface area contributed by atoms with Gasteiger partial charge in [0.1, 0.15) is 5.82 Å². The highest BCUT2D eigenvalue weighted by Crippen LogP contribution is 2.24. The van der Waals surface area contributed by atoms with Gasteiger partial charge < -0.3 is 16.8 Å². The number of hydrogen-bond acceptors (Lipinski definition) is 6. The number of halogens is 4. The van der Waals surface area contributed by atoms with Gasteiger partial charge in [-0.25, -0.2) is 9.97 Å². The molecule has 0 radical (unpaired) electrons. The topological polar surface area (TPSA) is 103 Å². The van der Waals surface area contributed by atoms with Gasteiger partial charge in [0, 0.05) is 35.5 Å². The number of aromatic nitrogens is 3.